The number of hydrogen-bond acceptors (Lipinski definition) is 0. The van der Waals surface area contributed by atoms with Gasteiger partial charge < -0.3 is 0 Å². The van der Waals surface area contributed by atoms with Crippen LogP contribution in [0.15, 0.2) is 0 Å². The van der Waals surface area contributed by atoms with Gasteiger partial charge in [-0.3, -0.25) is 0 Å². The Morgan fingerprint density at radius 3 is 0.333 bits per heavy atom. The van der Waals surface area contributed by atoms with Crippen LogP contribution >= 0.6 is 0 Å². The summed E-state index contributed by atoms with van der Waals surface area (Å²) in [6.45, 7) is 0. The molecule has 0 N–H and O–H groups in total. The summed E-state index contributed by atoms with van der Waals surface area (Å²) in [7, 11) is 0. The van der Waals surface area contributed by atoms with Gasteiger partial charge >= 0.3 is 0 Å². The third-order valence-electron chi connectivity index (χ3n) is 0. The van der Waals surface area contributed by atoms with Gasteiger partial charge in [0.1, 0.15) is 0 Å². The molecule has 6 heteroatoms. The van der Waals surface area contributed by atoms with Gasteiger partial charge in [0.15, 0.2) is 0 Å². The predicted octanol–water partition coefficient (Wildman–Crippen LogP) is -2.28. The smallest absolute Gasteiger partial charge is 0 e. The predicted molar refractivity (Wildman–Crippen MR) is 34.5 cm³/mol. The van der Waals surface area contributed by atoms with Crippen LogP contribution in [0.3, 0.4) is 0 Å². The first-order valence-corrected chi connectivity index (χ1v) is 0. The zero-order valence-electron chi connectivity index (χ0n) is 2.49. The minimum atomic E-state index is 0. The molecule has 0 fully saturated rings. The summed E-state index contributed by atoms with van der Waals surface area (Å²) in [4.78, 5) is 0. The molecule has 0 aromatic heterocycles. The second-order valence-electron chi connectivity index (χ2n) is 0. The van der Waals surface area contributed by atoms with Crippen LogP contribution in [0.1, 0.15) is 0 Å². The van der Waals surface area contributed by atoms with Crippen molar-refractivity contribution < 1.29 is 0 Å². The molecule has 0 spiro atoms. The van der Waals surface area contributed by atoms with Crippen molar-refractivity contribution in [3.05, 3.63) is 0 Å². The van der Waals surface area contributed by atoms with E-state index in [0.29, 0.717) is 0 Å². The first-order chi connectivity index (χ1) is 0. The van der Waals surface area contributed by atoms with Crippen LogP contribution in [-0.2, 0) is 0 Å². The molecular formula is AsSe5. The maximum atomic E-state index is 0. The molecule has 0 aliphatic heterocycles. The number of hydrogen-bond donors (Lipinski definition) is 0. The first-order valence-electron chi connectivity index (χ1n) is 0. The van der Waals surface area contributed by atoms with Crippen LogP contribution in [0.25, 0.3) is 0 Å². The van der Waals surface area contributed by atoms with E-state index >= 15 is 0 Å². The molecule has 0 unspecified atom stereocenters. The van der Waals surface area contributed by atoms with E-state index in [1.165, 1.54) is 0 Å². The van der Waals surface area contributed by atoms with Crippen molar-refractivity contribution >= 4 is 103 Å². The molecule has 35 valence electrons. The first kappa shape index (κ1) is 61.2. The Balaban J connectivity index is 0. The molecule has 0 atom stereocenters. The van der Waals surface area contributed by atoms with Crippen molar-refractivity contribution in [2.24, 2.45) is 0 Å². The zero-order valence-corrected chi connectivity index (χ0v) is 12.9. The van der Waals surface area contributed by atoms with Crippen molar-refractivity contribution in [2.75, 3.05) is 0 Å². The van der Waals surface area contributed by atoms with Crippen molar-refractivity contribution in [2.45, 2.75) is 0 Å². The monoisotopic (exact) mass is 475 g/mol. The SMILES string of the molecule is [As].[Se].[Se].[Se].[Se].[Se]. The molecule has 0 nitrogen and oxygen atoms in total. The maximum absolute atomic E-state index is 0. The van der Waals surface area contributed by atoms with E-state index in [0.717, 1.165) is 0 Å². The molecule has 0 aromatic rings. The van der Waals surface area contributed by atoms with E-state index in [4.69, 9.17) is 0 Å². The molecule has 0 saturated heterocycles. The van der Waals surface area contributed by atoms with E-state index in [2.05, 4.69) is 0 Å². The molecule has 0 saturated carbocycles. The van der Waals surface area contributed by atoms with Crippen LogP contribution in [0.4, 0.5) is 0 Å². The summed E-state index contributed by atoms with van der Waals surface area (Å²) in [6, 6.07) is 0. The maximum Gasteiger partial charge on any atom is 0 e. The van der Waals surface area contributed by atoms with Crippen LogP contribution in [0, 0.1) is 0 Å². The number of rotatable bonds is 0. The van der Waals surface area contributed by atoms with Gasteiger partial charge in [-0.15, -0.1) is 0 Å². The fraction of sp³-hybridized carbons (Fsp3) is 0. The van der Waals surface area contributed by atoms with E-state index in [9.17, 15) is 0 Å². The Hall–Kier alpha value is 3.16. The summed E-state index contributed by atoms with van der Waals surface area (Å²) < 4.78 is 0. The minimum Gasteiger partial charge on any atom is 0 e. The Morgan fingerprint density at radius 2 is 0.333 bits per heavy atom. The molecule has 6 heavy (non-hydrogen) atoms. The summed E-state index contributed by atoms with van der Waals surface area (Å²) in [6.07, 6.45) is 0. The Kier molecular flexibility index (Phi) is 427. The van der Waals surface area contributed by atoms with Crippen LogP contribution in [0.5, 0.6) is 0 Å². The van der Waals surface area contributed by atoms with Gasteiger partial charge in [-0.1, -0.05) is 0 Å². The Labute approximate surface area is 102 Å². The van der Waals surface area contributed by atoms with Crippen molar-refractivity contribution in [1.29, 1.82) is 0 Å². The van der Waals surface area contributed by atoms with E-state index < -0.39 is 0 Å². The molecule has 0 aliphatic rings. The van der Waals surface area contributed by atoms with Crippen molar-refractivity contribution in [1.82, 2.24) is 0 Å². The molecule has 0 aliphatic carbocycles. The molecule has 0 bridgehead atoms. The van der Waals surface area contributed by atoms with Crippen molar-refractivity contribution in [3.63, 3.8) is 0 Å². The van der Waals surface area contributed by atoms with Gasteiger partial charge in [0.05, 0.1) is 0 Å². The molecular weight excluding hydrogens is 470 g/mol. The van der Waals surface area contributed by atoms with Gasteiger partial charge in [0.2, 0.25) is 0 Å². The normalized spacial score (nSPS) is 0. The van der Waals surface area contributed by atoms with Gasteiger partial charge in [-0.05, 0) is 0 Å². The molecule has 13 radical (unpaired) electrons. The van der Waals surface area contributed by atoms with E-state index in [1.807, 2.05) is 0 Å². The van der Waals surface area contributed by atoms with E-state index in [1.54, 1.807) is 0 Å². The Morgan fingerprint density at radius 1 is 0.333 bits per heavy atom. The minimum absolute atomic E-state index is 0. The van der Waals surface area contributed by atoms with Crippen LogP contribution in [-0.4, -0.2) is 103 Å². The molecule has 0 amide bonds. The van der Waals surface area contributed by atoms with Gasteiger partial charge in [-0.25, -0.2) is 0 Å². The van der Waals surface area contributed by atoms with Gasteiger partial charge in [0.25, 0.3) is 0 Å². The van der Waals surface area contributed by atoms with E-state index in [-0.39, 0.29) is 103 Å². The topological polar surface area (TPSA) is 0 Å². The quantitative estimate of drug-likeness (QED) is 0.351. The summed E-state index contributed by atoms with van der Waals surface area (Å²) in [5.74, 6) is 0. The van der Waals surface area contributed by atoms with Crippen LogP contribution < -0.4 is 0 Å². The molecule has 0 heterocycles. The van der Waals surface area contributed by atoms with Gasteiger partial charge in [-0.2, -0.15) is 0 Å². The second-order valence-corrected chi connectivity index (χ2v) is 0. The fourth-order valence-corrected chi connectivity index (χ4v) is 0. The summed E-state index contributed by atoms with van der Waals surface area (Å²) in [5.41, 5.74) is 0. The Bertz CT molecular complexity index is 3.90. The third kappa shape index (κ3) is 27.2. The third-order valence-corrected chi connectivity index (χ3v) is 0. The largest absolute Gasteiger partial charge is 0 e. The zero-order chi connectivity index (χ0) is 0. The van der Waals surface area contributed by atoms with Gasteiger partial charge in [0, 0.05) is 103 Å². The average Bonchev–Trinajstić information content (AvgIpc) is 0. The summed E-state index contributed by atoms with van der Waals surface area (Å²) in [5, 5.41) is 0. The standard InChI is InChI=1S/As.5Se. The average molecular weight is 470 g/mol. The molecule has 0 rings (SSSR count). The molecule has 0 aromatic carbocycles. The summed E-state index contributed by atoms with van der Waals surface area (Å²) >= 11 is 0. The van der Waals surface area contributed by atoms with Crippen molar-refractivity contribution in [3.8, 4) is 0 Å². The fourth-order valence-electron chi connectivity index (χ4n) is 0. The second kappa shape index (κ2) is 41.9. The van der Waals surface area contributed by atoms with Crippen LogP contribution in [0.2, 0.25) is 0 Å².